The summed E-state index contributed by atoms with van der Waals surface area (Å²) in [5, 5.41) is 1.68. The van der Waals surface area contributed by atoms with Gasteiger partial charge in [-0.1, -0.05) is 23.2 Å². The maximum atomic E-state index is 12.6. The van der Waals surface area contributed by atoms with E-state index in [1.165, 1.54) is 6.07 Å². The van der Waals surface area contributed by atoms with Gasteiger partial charge >= 0.3 is 12.1 Å². The van der Waals surface area contributed by atoms with Crippen LogP contribution in [0.3, 0.4) is 0 Å². The predicted molar refractivity (Wildman–Crippen MR) is 105 cm³/mol. The third-order valence-electron chi connectivity index (χ3n) is 4.46. The van der Waals surface area contributed by atoms with Gasteiger partial charge in [-0.3, -0.25) is 24.1 Å². The molecule has 12 heteroatoms. The molecule has 0 saturated carbocycles. The number of fused-ring (bicyclic) bond motifs is 1. The molecule has 8 nitrogen and oxygen atoms in total. The summed E-state index contributed by atoms with van der Waals surface area (Å²) < 4.78 is 42.6. The molecule has 1 aliphatic rings. The molecule has 0 bridgehead atoms. The standard InChI is InChI=1S/C20H15ClF3N3O5/c1-10-2-3-12-13(6-10)19(31)27(18(12)30)5-4-16(29)32-9-15(28)26-17-14(21)7-11(8-25-17)20(22,23)24/h2-3,6-8H,4-5,9H2,1H3,(H,25,26,28). The van der Waals surface area contributed by atoms with Gasteiger partial charge in [-0.05, 0) is 25.1 Å². The highest BCUT2D eigenvalue weighted by atomic mass is 35.5. The highest BCUT2D eigenvalue weighted by Crippen LogP contribution is 2.32. The van der Waals surface area contributed by atoms with E-state index in [-0.39, 0.29) is 29.9 Å². The molecule has 32 heavy (non-hydrogen) atoms. The number of carbonyl (C=O) groups is 4. The predicted octanol–water partition coefficient (Wildman–Crippen LogP) is 3.23. The van der Waals surface area contributed by atoms with E-state index in [9.17, 15) is 32.3 Å². The third kappa shape index (κ3) is 5.05. The van der Waals surface area contributed by atoms with Crippen LogP contribution >= 0.6 is 11.6 Å². The molecule has 1 aromatic carbocycles. The zero-order valence-electron chi connectivity index (χ0n) is 16.5. The summed E-state index contributed by atoms with van der Waals surface area (Å²) in [6.07, 6.45) is -4.50. The van der Waals surface area contributed by atoms with Crippen molar-refractivity contribution < 1.29 is 37.1 Å². The summed E-state index contributed by atoms with van der Waals surface area (Å²) in [6.45, 7) is 0.772. The SMILES string of the molecule is Cc1ccc2c(c1)C(=O)N(CCC(=O)OCC(=O)Nc1ncc(C(F)(F)F)cc1Cl)C2=O. The van der Waals surface area contributed by atoms with Gasteiger partial charge in [0, 0.05) is 12.7 Å². The smallest absolute Gasteiger partial charge is 0.417 e. The highest BCUT2D eigenvalue weighted by Gasteiger charge is 2.35. The first kappa shape index (κ1) is 23.2. The number of aromatic nitrogens is 1. The molecular formula is C20H15ClF3N3O5. The number of pyridine rings is 1. The molecule has 0 fully saturated rings. The van der Waals surface area contributed by atoms with Gasteiger partial charge in [0.25, 0.3) is 17.7 Å². The Kier molecular flexibility index (Phi) is 6.49. The van der Waals surface area contributed by atoms with Gasteiger partial charge in [0.1, 0.15) is 0 Å². The summed E-state index contributed by atoms with van der Waals surface area (Å²) in [5.74, 6) is -3.13. The van der Waals surface area contributed by atoms with Crippen molar-refractivity contribution in [1.29, 1.82) is 0 Å². The number of esters is 1. The van der Waals surface area contributed by atoms with E-state index in [1.807, 2.05) is 0 Å². The molecule has 3 amide bonds. The van der Waals surface area contributed by atoms with Crippen LogP contribution in [0.25, 0.3) is 0 Å². The molecule has 0 radical (unpaired) electrons. The van der Waals surface area contributed by atoms with Crippen LogP contribution in [0.2, 0.25) is 5.02 Å². The number of rotatable bonds is 6. The topological polar surface area (TPSA) is 106 Å². The van der Waals surface area contributed by atoms with Gasteiger partial charge in [0.05, 0.1) is 28.1 Å². The number of nitrogens with zero attached hydrogens (tertiary/aromatic N) is 2. The van der Waals surface area contributed by atoms with Crippen molar-refractivity contribution in [3.05, 3.63) is 57.7 Å². The van der Waals surface area contributed by atoms with Crippen molar-refractivity contribution in [2.24, 2.45) is 0 Å². The van der Waals surface area contributed by atoms with E-state index >= 15 is 0 Å². The first-order valence-electron chi connectivity index (χ1n) is 9.12. The van der Waals surface area contributed by atoms with Crippen LogP contribution in [0, 0.1) is 6.92 Å². The Morgan fingerprint density at radius 2 is 1.84 bits per heavy atom. The van der Waals surface area contributed by atoms with Crippen LogP contribution in [0.4, 0.5) is 19.0 Å². The normalized spacial score (nSPS) is 13.2. The monoisotopic (exact) mass is 469 g/mol. The van der Waals surface area contributed by atoms with E-state index in [2.05, 4.69) is 10.3 Å². The minimum atomic E-state index is -4.65. The number of anilines is 1. The summed E-state index contributed by atoms with van der Waals surface area (Å²) in [4.78, 5) is 52.8. The highest BCUT2D eigenvalue weighted by molar-refractivity contribution is 6.33. The van der Waals surface area contributed by atoms with E-state index in [4.69, 9.17) is 16.3 Å². The maximum Gasteiger partial charge on any atom is 0.417 e. The molecule has 1 aliphatic heterocycles. The van der Waals surface area contributed by atoms with Crippen LogP contribution in [0.15, 0.2) is 30.5 Å². The Hall–Kier alpha value is -3.47. The second-order valence-electron chi connectivity index (χ2n) is 6.82. The summed E-state index contributed by atoms with van der Waals surface area (Å²) in [5.41, 5.74) is 0.216. The molecule has 168 valence electrons. The van der Waals surface area contributed by atoms with Crippen molar-refractivity contribution >= 4 is 41.1 Å². The van der Waals surface area contributed by atoms with Crippen molar-refractivity contribution in [1.82, 2.24) is 9.88 Å². The zero-order chi connectivity index (χ0) is 23.6. The summed E-state index contributed by atoms with van der Waals surface area (Å²) in [7, 11) is 0. The minimum Gasteiger partial charge on any atom is -0.456 e. The maximum absolute atomic E-state index is 12.6. The number of ether oxygens (including phenoxy) is 1. The first-order valence-corrected chi connectivity index (χ1v) is 9.50. The second-order valence-corrected chi connectivity index (χ2v) is 7.23. The molecule has 0 atom stereocenters. The van der Waals surface area contributed by atoms with Gasteiger partial charge in [-0.25, -0.2) is 4.98 Å². The molecule has 1 N–H and O–H groups in total. The Bertz CT molecular complexity index is 1120. The molecule has 3 rings (SSSR count). The van der Waals surface area contributed by atoms with E-state index in [0.29, 0.717) is 12.3 Å². The lowest BCUT2D eigenvalue weighted by molar-refractivity contribution is -0.147. The lowest BCUT2D eigenvalue weighted by Gasteiger charge is -2.13. The molecule has 0 saturated heterocycles. The fourth-order valence-corrected chi connectivity index (χ4v) is 3.10. The summed E-state index contributed by atoms with van der Waals surface area (Å²) in [6, 6.07) is 5.41. The number of carbonyl (C=O) groups excluding carboxylic acids is 4. The average Bonchev–Trinajstić information content (AvgIpc) is 2.95. The van der Waals surface area contributed by atoms with Gasteiger partial charge in [-0.2, -0.15) is 13.2 Å². The number of nitrogens with one attached hydrogen (secondary N) is 1. The van der Waals surface area contributed by atoms with Crippen LogP contribution < -0.4 is 5.32 Å². The number of amides is 3. The van der Waals surface area contributed by atoms with Crippen LogP contribution in [0.5, 0.6) is 0 Å². The number of aryl methyl sites for hydroxylation is 1. The van der Waals surface area contributed by atoms with Gasteiger partial charge in [0.2, 0.25) is 0 Å². The summed E-state index contributed by atoms with van der Waals surface area (Å²) >= 11 is 5.69. The van der Waals surface area contributed by atoms with E-state index in [1.54, 1.807) is 19.1 Å². The number of benzene rings is 1. The van der Waals surface area contributed by atoms with Gasteiger partial charge in [-0.15, -0.1) is 0 Å². The first-order chi connectivity index (χ1) is 15.0. The largest absolute Gasteiger partial charge is 0.456 e. The number of hydrogen-bond acceptors (Lipinski definition) is 6. The molecular weight excluding hydrogens is 455 g/mol. The molecule has 1 aromatic heterocycles. The van der Waals surface area contributed by atoms with Crippen molar-refractivity contribution in [3.8, 4) is 0 Å². The number of alkyl halides is 3. The van der Waals surface area contributed by atoms with Crippen LogP contribution in [0.1, 0.15) is 38.3 Å². The van der Waals surface area contributed by atoms with Gasteiger partial charge in [0.15, 0.2) is 12.4 Å². The lowest BCUT2D eigenvalue weighted by atomic mass is 10.1. The Morgan fingerprint density at radius 3 is 2.50 bits per heavy atom. The molecule has 2 aromatic rings. The molecule has 0 aliphatic carbocycles. The fourth-order valence-electron chi connectivity index (χ4n) is 2.88. The number of hydrogen-bond donors (Lipinski definition) is 1. The second kappa shape index (κ2) is 8.95. The quantitative estimate of drug-likeness (QED) is 0.514. The Labute approximate surface area is 184 Å². The van der Waals surface area contributed by atoms with Crippen molar-refractivity contribution in [3.63, 3.8) is 0 Å². The van der Waals surface area contributed by atoms with Crippen molar-refractivity contribution in [2.75, 3.05) is 18.5 Å². The van der Waals surface area contributed by atoms with E-state index < -0.39 is 47.1 Å². The zero-order valence-corrected chi connectivity index (χ0v) is 17.2. The van der Waals surface area contributed by atoms with Gasteiger partial charge < -0.3 is 10.1 Å². The number of halogens is 4. The Morgan fingerprint density at radius 1 is 1.16 bits per heavy atom. The van der Waals surface area contributed by atoms with Crippen LogP contribution in [-0.4, -0.2) is 46.7 Å². The minimum absolute atomic E-state index is 0.238. The molecule has 0 spiro atoms. The average molecular weight is 470 g/mol. The van der Waals surface area contributed by atoms with E-state index in [0.717, 1.165) is 10.5 Å². The van der Waals surface area contributed by atoms with Crippen molar-refractivity contribution in [2.45, 2.75) is 19.5 Å². The molecule has 2 heterocycles. The number of imide groups is 1. The Balaban J connectivity index is 1.49. The third-order valence-corrected chi connectivity index (χ3v) is 4.74. The molecule has 0 unspecified atom stereocenters. The lowest BCUT2D eigenvalue weighted by Crippen LogP contribution is -2.32. The van der Waals surface area contributed by atoms with Crippen LogP contribution in [-0.2, 0) is 20.5 Å². The fraction of sp³-hybridized carbons (Fsp3) is 0.250.